The molecule has 0 saturated carbocycles. The van der Waals surface area contributed by atoms with E-state index >= 15 is 0 Å². The molecule has 0 bridgehead atoms. The lowest BCUT2D eigenvalue weighted by Gasteiger charge is -2.31. The summed E-state index contributed by atoms with van der Waals surface area (Å²) in [6.45, 7) is 3.69. The zero-order valence-corrected chi connectivity index (χ0v) is 24.1. The summed E-state index contributed by atoms with van der Waals surface area (Å²) in [5.74, 6) is 4.24. The standard InChI is InChI=1S/C35H32N4O4/c1-3-42-35(41)32-30(17-16-26-10-5-4-6-11-26)31(34(40)43-21-9-13-27-12-8-18-36-23-27)25(2)38-33(32)28-14-7-15-29(22-28)39-20-19-37-24-39/h4-8,10-12,14-15,18-20,22-24,30,38H,3,16-17,21H2,1-2H3. The number of hydrogen-bond acceptors (Lipinski definition) is 7. The molecular formula is C35H32N4O4. The molecule has 0 amide bonds. The maximum absolute atomic E-state index is 13.7. The number of aryl methyl sites for hydroxylation is 1. The van der Waals surface area contributed by atoms with Gasteiger partial charge in [0, 0.05) is 53.2 Å². The van der Waals surface area contributed by atoms with Gasteiger partial charge in [-0.25, -0.2) is 14.6 Å². The summed E-state index contributed by atoms with van der Waals surface area (Å²) in [7, 11) is 0. The topological polar surface area (TPSA) is 95.3 Å². The SMILES string of the molecule is CCOC(=O)C1=C(c2cccc(-n3ccnc3)c2)NC(C)=C(C(=O)OCC#Cc2cccnc2)C1CCc1ccccc1. The fraction of sp³-hybridized carbons (Fsp3) is 0.200. The van der Waals surface area contributed by atoms with Crippen LogP contribution in [0.5, 0.6) is 0 Å². The van der Waals surface area contributed by atoms with Crippen LogP contribution < -0.4 is 5.32 Å². The molecule has 1 N–H and O–H groups in total. The molecule has 0 aliphatic carbocycles. The molecule has 0 fully saturated rings. The Hall–Kier alpha value is -5.42. The van der Waals surface area contributed by atoms with E-state index in [4.69, 9.17) is 9.47 Å². The van der Waals surface area contributed by atoms with Gasteiger partial charge >= 0.3 is 11.9 Å². The highest BCUT2D eigenvalue weighted by Gasteiger charge is 2.38. The minimum atomic E-state index is -0.578. The van der Waals surface area contributed by atoms with Crippen LogP contribution >= 0.6 is 0 Å². The molecule has 0 radical (unpaired) electrons. The van der Waals surface area contributed by atoms with E-state index in [2.05, 4.69) is 27.1 Å². The summed E-state index contributed by atoms with van der Waals surface area (Å²) in [4.78, 5) is 35.5. The molecule has 2 aromatic carbocycles. The molecule has 0 saturated heterocycles. The van der Waals surface area contributed by atoms with E-state index in [9.17, 15) is 9.59 Å². The van der Waals surface area contributed by atoms with Crippen molar-refractivity contribution >= 4 is 17.6 Å². The van der Waals surface area contributed by atoms with E-state index in [1.807, 2.05) is 78.4 Å². The first kappa shape index (κ1) is 29.1. The minimum absolute atomic E-state index is 0.103. The smallest absolute Gasteiger partial charge is 0.337 e. The lowest BCUT2D eigenvalue weighted by Crippen LogP contribution is -2.34. The first-order valence-corrected chi connectivity index (χ1v) is 14.1. The number of nitrogens with zero attached hydrogens (tertiary/aromatic N) is 3. The zero-order valence-electron chi connectivity index (χ0n) is 24.1. The predicted octanol–water partition coefficient (Wildman–Crippen LogP) is 5.26. The van der Waals surface area contributed by atoms with Gasteiger partial charge < -0.3 is 19.4 Å². The Balaban J connectivity index is 1.52. The van der Waals surface area contributed by atoms with Crippen LogP contribution in [-0.2, 0) is 25.5 Å². The van der Waals surface area contributed by atoms with Crippen molar-refractivity contribution in [3.8, 4) is 17.5 Å². The second-order valence-corrected chi connectivity index (χ2v) is 9.89. The van der Waals surface area contributed by atoms with Crippen LogP contribution in [0.2, 0.25) is 0 Å². The molecule has 1 atom stereocenters. The van der Waals surface area contributed by atoms with E-state index in [1.165, 1.54) is 0 Å². The summed E-state index contributed by atoms with van der Waals surface area (Å²) in [6, 6.07) is 21.4. The number of carbonyl (C=O) groups excluding carboxylic acids is 2. The number of imidazole rings is 1. The van der Waals surface area contributed by atoms with Crippen LogP contribution in [0, 0.1) is 17.8 Å². The number of ether oxygens (including phenoxy) is 2. The van der Waals surface area contributed by atoms with E-state index < -0.39 is 17.9 Å². The molecule has 0 spiro atoms. The number of hydrogen-bond donors (Lipinski definition) is 1. The summed E-state index contributed by atoms with van der Waals surface area (Å²) < 4.78 is 13.1. The van der Waals surface area contributed by atoms with Crippen LogP contribution in [0.15, 0.2) is 115 Å². The number of allylic oxidation sites excluding steroid dienone is 1. The average Bonchev–Trinajstić information content (AvgIpc) is 3.58. The largest absolute Gasteiger partial charge is 0.463 e. The zero-order chi connectivity index (χ0) is 30.0. The van der Waals surface area contributed by atoms with Gasteiger partial charge in [-0.05, 0) is 56.5 Å². The van der Waals surface area contributed by atoms with Crippen molar-refractivity contribution in [3.63, 3.8) is 0 Å². The van der Waals surface area contributed by atoms with Gasteiger partial charge in [-0.1, -0.05) is 54.3 Å². The predicted molar refractivity (Wildman–Crippen MR) is 163 cm³/mol. The molecule has 5 rings (SSSR count). The summed E-state index contributed by atoms with van der Waals surface area (Å²) in [6.07, 6.45) is 9.73. The fourth-order valence-electron chi connectivity index (χ4n) is 5.11. The Bertz CT molecular complexity index is 1700. The molecule has 8 nitrogen and oxygen atoms in total. The Labute approximate surface area is 251 Å². The van der Waals surface area contributed by atoms with Gasteiger partial charge in [-0.15, -0.1) is 0 Å². The van der Waals surface area contributed by atoms with Gasteiger partial charge in [-0.2, -0.15) is 0 Å². The number of nitrogens with one attached hydrogen (secondary N) is 1. The molecule has 3 heterocycles. The summed E-state index contributed by atoms with van der Waals surface area (Å²) >= 11 is 0. The van der Waals surface area contributed by atoms with E-state index in [0.717, 1.165) is 22.4 Å². The van der Waals surface area contributed by atoms with Crippen molar-refractivity contribution in [2.75, 3.05) is 13.2 Å². The van der Waals surface area contributed by atoms with Gasteiger partial charge in [0.05, 0.1) is 29.8 Å². The number of dihydropyridines is 1. The van der Waals surface area contributed by atoms with Crippen LogP contribution in [-0.4, -0.2) is 39.7 Å². The molecule has 4 aromatic rings. The Kier molecular flexibility index (Phi) is 9.45. The number of rotatable bonds is 9. The second-order valence-electron chi connectivity index (χ2n) is 9.89. The molecule has 1 aliphatic heterocycles. The summed E-state index contributed by atoms with van der Waals surface area (Å²) in [5.41, 5.74) is 5.48. The molecule has 1 aliphatic rings. The highest BCUT2D eigenvalue weighted by atomic mass is 16.5. The summed E-state index contributed by atoms with van der Waals surface area (Å²) in [5, 5.41) is 3.36. The van der Waals surface area contributed by atoms with Gasteiger partial charge in [0.2, 0.25) is 0 Å². The highest BCUT2D eigenvalue weighted by molar-refractivity contribution is 6.03. The monoisotopic (exact) mass is 572 g/mol. The van der Waals surface area contributed by atoms with Crippen molar-refractivity contribution in [3.05, 3.63) is 131 Å². The lowest BCUT2D eigenvalue weighted by molar-refractivity contribution is -0.139. The number of esters is 2. The van der Waals surface area contributed by atoms with E-state index in [-0.39, 0.29) is 13.2 Å². The van der Waals surface area contributed by atoms with Gasteiger partial charge in [-0.3, -0.25) is 4.98 Å². The van der Waals surface area contributed by atoms with Crippen LogP contribution in [0.3, 0.4) is 0 Å². The third kappa shape index (κ3) is 7.08. The lowest BCUT2D eigenvalue weighted by atomic mass is 9.80. The van der Waals surface area contributed by atoms with Gasteiger partial charge in [0.25, 0.3) is 0 Å². The number of aromatic nitrogens is 3. The number of pyridine rings is 1. The Morgan fingerprint density at radius 3 is 2.53 bits per heavy atom. The normalized spacial score (nSPS) is 14.4. The van der Waals surface area contributed by atoms with E-state index in [0.29, 0.717) is 35.4 Å². The molecule has 2 aromatic heterocycles. The first-order chi connectivity index (χ1) is 21.0. The highest BCUT2D eigenvalue weighted by Crippen LogP contribution is 2.38. The maximum Gasteiger partial charge on any atom is 0.337 e. The first-order valence-electron chi connectivity index (χ1n) is 14.1. The molecule has 1 unspecified atom stereocenters. The van der Waals surface area contributed by atoms with Crippen molar-refractivity contribution < 1.29 is 19.1 Å². The second kappa shape index (κ2) is 14.0. The molecule has 216 valence electrons. The maximum atomic E-state index is 13.7. The van der Waals surface area contributed by atoms with Crippen LogP contribution in [0.1, 0.15) is 37.0 Å². The fourth-order valence-corrected chi connectivity index (χ4v) is 5.11. The van der Waals surface area contributed by atoms with Crippen LogP contribution in [0.4, 0.5) is 0 Å². The average molecular weight is 573 g/mol. The number of benzene rings is 2. The van der Waals surface area contributed by atoms with Crippen molar-refractivity contribution in [2.24, 2.45) is 5.92 Å². The van der Waals surface area contributed by atoms with Crippen molar-refractivity contribution in [2.45, 2.75) is 26.7 Å². The molecule has 8 heteroatoms. The third-order valence-corrected chi connectivity index (χ3v) is 7.07. The van der Waals surface area contributed by atoms with Crippen molar-refractivity contribution in [1.29, 1.82) is 0 Å². The van der Waals surface area contributed by atoms with Crippen molar-refractivity contribution in [1.82, 2.24) is 19.9 Å². The molecular weight excluding hydrogens is 540 g/mol. The number of carbonyl (C=O) groups is 2. The van der Waals surface area contributed by atoms with E-state index in [1.54, 1.807) is 37.9 Å². The van der Waals surface area contributed by atoms with Gasteiger partial charge in [0.1, 0.15) is 0 Å². The minimum Gasteiger partial charge on any atom is -0.463 e. The third-order valence-electron chi connectivity index (χ3n) is 7.07. The Morgan fingerprint density at radius 2 is 1.79 bits per heavy atom. The molecule has 43 heavy (non-hydrogen) atoms. The van der Waals surface area contributed by atoms with Crippen LogP contribution in [0.25, 0.3) is 11.4 Å². The van der Waals surface area contributed by atoms with Gasteiger partial charge in [0.15, 0.2) is 6.61 Å². The quantitative estimate of drug-likeness (QED) is 0.216. The Morgan fingerprint density at radius 1 is 0.953 bits per heavy atom.